The van der Waals surface area contributed by atoms with Gasteiger partial charge in [-0.05, 0) is 24.6 Å². The fourth-order valence-electron chi connectivity index (χ4n) is 2.17. The van der Waals surface area contributed by atoms with Crippen LogP contribution >= 0.6 is 11.3 Å². The van der Waals surface area contributed by atoms with E-state index in [0.29, 0.717) is 11.2 Å². The molecule has 3 aromatic rings. The summed E-state index contributed by atoms with van der Waals surface area (Å²) in [7, 11) is 0. The maximum absolute atomic E-state index is 10.9. The first-order chi connectivity index (χ1) is 11.8. The van der Waals surface area contributed by atoms with Crippen molar-refractivity contribution < 1.29 is 15.0 Å². The number of phenolic OH excluding ortho intramolecular Hbond substituents is 1. The minimum absolute atomic E-state index is 0.128. The van der Waals surface area contributed by atoms with Crippen LogP contribution in [0, 0.1) is 27.2 Å². The molecule has 1 heterocycles. The van der Waals surface area contributed by atoms with Crippen LogP contribution in [0.25, 0.3) is 10.2 Å². The Morgan fingerprint density at radius 2 is 1.96 bits per heavy atom. The summed E-state index contributed by atoms with van der Waals surface area (Å²) in [6.45, 7) is 1.95. The second-order valence-electron chi connectivity index (χ2n) is 5.14. The molecule has 3 rings (SSSR count). The molecule has 25 heavy (non-hydrogen) atoms. The van der Waals surface area contributed by atoms with E-state index in [-0.39, 0.29) is 5.56 Å². The number of fused-ring (bicyclic) bond motifs is 1. The van der Waals surface area contributed by atoms with Gasteiger partial charge in [0.15, 0.2) is 0 Å². The van der Waals surface area contributed by atoms with Gasteiger partial charge < -0.3 is 5.11 Å². The van der Waals surface area contributed by atoms with E-state index in [4.69, 9.17) is 0 Å². The third-order valence-electron chi connectivity index (χ3n) is 3.36. The highest BCUT2D eigenvalue weighted by Crippen LogP contribution is 2.34. The summed E-state index contributed by atoms with van der Waals surface area (Å²) in [6, 6.07) is 7.42. The van der Waals surface area contributed by atoms with Crippen LogP contribution in [0.3, 0.4) is 0 Å². The SMILES string of the molecule is Cc1ccc2nc(N=Cc3cc([N+](=O)[O-])cc([N+](=O)[O-])c3O)sc2c1. The Bertz CT molecular complexity index is 1040. The van der Waals surface area contributed by atoms with Crippen molar-refractivity contribution in [1.82, 2.24) is 4.98 Å². The summed E-state index contributed by atoms with van der Waals surface area (Å²) in [5.41, 5.74) is 0.424. The number of nitro groups is 2. The Balaban J connectivity index is 2.04. The van der Waals surface area contributed by atoms with Gasteiger partial charge in [0.25, 0.3) is 5.69 Å². The van der Waals surface area contributed by atoms with Crippen LogP contribution in [0.4, 0.5) is 16.5 Å². The predicted octanol–water partition coefficient (Wildman–Crippen LogP) is 3.88. The average Bonchev–Trinajstić information content (AvgIpc) is 2.95. The lowest BCUT2D eigenvalue weighted by Gasteiger charge is -2.00. The Hall–Kier alpha value is -3.40. The highest BCUT2D eigenvalue weighted by molar-refractivity contribution is 7.22. The lowest BCUT2D eigenvalue weighted by molar-refractivity contribution is -0.394. The van der Waals surface area contributed by atoms with Gasteiger partial charge in [0.2, 0.25) is 10.9 Å². The quantitative estimate of drug-likeness (QED) is 0.427. The van der Waals surface area contributed by atoms with Gasteiger partial charge in [-0.15, -0.1) is 0 Å². The average molecular weight is 358 g/mol. The molecule has 0 bridgehead atoms. The van der Waals surface area contributed by atoms with Gasteiger partial charge in [0.1, 0.15) is 0 Å². The molecule has 0 saturated heterocycles. The molecule has 0 aliphatic heterocycles. The second-order valence-corrected chi connectivity index (χ2v) is 6.15. The van der Waals surface area contributed by atoms with Gasteiger partial charge in [0, 0.05) is 17.8 Å². The first kappa shape index (κ1) is 16.5. The molecular weight excluding hydrogens is 348 g/mol. The van der Waals surface area contributed by atoms with Crippen molar-refractivity contribution >= 4 is 44.3 Å². The molecule has 1 aromatic heterocycles. The lowest BCUT2D eigenvalue weighted by Crippen LogP contribution is -1.96. The number of thiazole rings is 1. The number of hydrogen-bond acceptors (Lipinski definition) is 8. The lowest BCUT2D eigenvalue weighted by atomic mass is 10.1. The highest BCUT2D eigenvalue weighted by atomic mass is 32.1. The second kappa shape index (κ2) is 6.24. The molecule has 0 saturated carbocycles. The largest absolute Gasteiger partial charge is 0.502 e. The monoisotopic (exact) mass is 358 g/mol. The van der Waals surface area contributed by atoms with E-state index in [9.17, 15) is 25.3 Å². The van der Waals surface area contributed by atoms with Crippen molar-refractivity contribution in [2.45, 2.75) is 6.92 Å². The molecule has 0 fully saturated rings. The summed E-state index contributed by atoms with van der Waals surface area (Å²) in [5, 5.41) is 32.2. The van der Waals surface area contributed by atoms with Gasteiger partial charge >= 0.3 is 5.69 Å². The number of phenols is 1. The standard InChI is InChI=1S/C15H10N4O5S/c1-8-2-3-11-13(4-8)25-15(17-11)16-7-9-5-10(18(21)22)6-12(14(9)20)19(23)24/h2-7,20H,1H3. The third kappa shape index (κ3) is 3.28. The van der Waals surface area contributed by atoms with Gasteiger partial charge in [-0.1, -0.05) is 17.4 Å². The maximum Gasteiger partial charge on any atom is 0.318 e. The molecule has 2 aromatic carbocycles. The number of nitro benzene ring substituents is 2. The number of nitrogens with zero attached hydrogens (tertiary/aromatic N) is 4. The van der Waals surface area contributed by atoms with Gasteiger partial charge in [0.05, 0.1) is 26.1 Å². The van der Waals surface area contributed by atoms with Gasteiger partial charge in [-0.25, -0.2) is 9.98 Å². The zero-order valence-electron chi connectivity index (χ0n) is 12.7. The summed E-state index contributed by atoms with van der Waals surface area (Å²) >= 11 is 1.30. The minimum Gasteiger partial charge on any atom is -0.502 e. The number of aliphatic imine (C=N–C) groups is 1. The zero-order chi connectivity index (χ0) is 18.1. The Morgan fingerprint density at radius 3 is 2.64 bits per heavy atom. The molecule has 0 amide bonds. The first-order valence-electron chi connectivity index (χ1n) is 6.92. The molecule has 1 N–H and O–H groups in total. The number of aryl methyl sites for hydroxylation is 1. The van der Waals surface area contributed by atoms with Crippen LogP contribution in [0.15, 0.2) is 35.3 Å². The zero-order valence-corrected chi connectivity index (χ0v) is 13.6. The van der Waals surface area contributed by atoms with Crippen LogP contribution in [0.1, 0.15) is 11.1 Å². The molecule has 10 heteroatoms. The van der Waals surface area contributed by atoms with E-state index in [0.717, 1.165) is 28.1 Å². The van der Waals surface area contributed by atoms with Crippen molar-refractivity contribution in [3.63, 3.8) is 0 Å². The van der Waals surface area contributed by atoms with E-state index in [1.807, 2.05) is 25.1 Å². The topological polar surface area (TPSA) is 132 Å². The Morgan fingerprint density at radius 1 is 1.20 bits per heavy atom. The Kier molecular flexibility index (Phi) is 4.11. The maximum atomic E-state index is 10.9. The summed E-state index contributed by atoms with van der Waals surface area (Å²) in [4.78, 5) is 28.6. The van der Waals surface area contributed by atoms with Crippen LogP contribution in [-0.4, -0.2) is 26.2 Å². The molecule has 0 atom stereocenters. The molecule has 0 unspecified atom stereocenters. The number of non-ortho nitro benzene ring substituents is 1. The summed E-state index contributed by atoms with van der Waals surface area (Å²) in [6.07, 6.45) is 1.12. The molecule has 126 valence electrons. The molecular formula is C15H10N4O5S. The molecule has 0 aliphatic carbocycles. The highest BCUT2D eigenvalue weighted by Gasteiger charge is 2.23. The van der Waals surface area contributed by atoms with Crippen LogP contribution in [0.5, 0.6) is 5.75 Å². The van der Waals surface area contributed by atoms with Crippen molar-refractivity contribution in [3.8, 4) is 5.75 Å². The van der Waals surface area contributed by atoms with Crippen molar-refractivity contribution in [1.29, 1.82) is 0 Å². The fraction of sp³-hybridized carbons (Fsp3) is 0.0667. The van der Waals surface area contributed by atoms with Crippen LogP contribution in [0.2, 0.25) is 0 Å². The van der Waals surface area contributed by atoms with Gasteiger partial charge in [-0.3, -0.25) is 20.2 Å². The predicted molar refractivity (Wildman–Crippen MR) is 93.0 cm³/mol. The van der Waals surface area contributed by atoms with E-state index < -0.39 is 27.0 Å². The Labute approximate surface area is 144 Å². The number of aromatic hydroxyl groups is 1. The summed E-state index contributed by atoms with van der Waals surface area (Å²) < 4.78 is 0.918. The van der Waals surface area contributed by atoms with E-state index in [1.54, 1.807) is 0 Å². The van der Waals surface area contributed by atoms with E-state index >= 15 is 0 Å². The smallest absolute Gasteiger partial charge is 0.318 e. The van der Waals surface area contributed by atoms with Gasteiger partial charge in [-0.2, -0.15) is 0 Å². The van der Waals surface area contributed by atoms with E-state index in [1.165, 1.54) is 11.3 Å². The normalized spacial score (nSPS) is 11.2. The molecule has 0 aliphatic rings. The van der Waals surface area contributed by atoms with E-state index in [2.05, 4.69) is 9.98 Å². The third-order valence-corrected chi connectivity index (χ3v) is 4.28. The minimum atomic E-state index is -0.889. The number of hydrogen-bond donors (Lipinski definition) is 1. The first-order valence-corrected chi connectivity index (χ1v) is 7.74. The number of aromatic nitrogens is 1. The van der Waals surface area contributed by atoms with Crippen molar-refractivity contribution in [2.24, 2.45) is 4.99 Å². The van der Waals surface area contributed by atoms with Crippen molar-refractivity contribution in [2.75, 3.05) is 0 Å². The van der Waals surface area contributed by atoms with Crippen molar-refractivity contribution in [3.05, 3.63) is 61.7 Å². The number of rotatable bonds is 4. The van der Waals surface area contributed by atoms with Crippen LogP contribution < -0.4 is 0 Å². The number of benzene rings is 2. The van der Waals surface area contributed by atoms with Crippen LogP contribution in [-0.2, 0) is 0 Å². The molecule has 0 spiro atoms. The molecule has 0 radical (unpaired) electrons. The fourth-order valence-corrected chi connectivity index (χ4v) is 3.08. The summed E-state index contributed by atoms with van der Waals surface area (Å²) in [5.74, 6) is -0.684. The molecule has 9 nitrogen and oxygen atoms in total.